The summed E-state index contributed by atoms with van der Waals surface area (Å²) in [5.41, 5.74) is 0. The molecule has 0 heterocycles. The summed E-state index contributed by atoms with van der Waals surface area (Å²) < 4.78 is 0. The minimum atomic E-state index is 0.353. The van der Waals surface area contributed by atoms with Crippen LogP contribution in [-0.4, -0.2) is 5.78 Å². The maximum Gasteiger partial charge on any atom is 0.136 e. The van der Waals surface area contributed by atoms with Crippen molar-refractivity contribution in [3.63, 3.8) is 0 Å². The van der Waals surface area contributed by atoms with Crippen LogP contribution in [0.3, 0.4) is 0 Å². The van der Waals surface area contributed by atoms with Crippen molar-refractivity contribution in [2.45, 2.75) is 130 Å². The van der Waals surface area contributed by atoms with E-state index in [-0.39, 0.29) is 0 Å². The average molecular weight is 339 g/mol. The van der Waals surface area contributed by atoms with Gasteiger partial charge in [0.25, 0.3) is 0 Å². The number of Topliss-reactive ketones (excluding diaryl/α,β-unsaturated/α-hetero) is 1. The summed E-state index contributed by atoms with van der Waals surface area (Å²) >= 11 is 0. The number of carbonyl (C=O) groups excluding carboxylic acids is 1. The van der Waals surface area contributed by atoms with Crippen LogP contribution in [-0.2, 0) is 4.79 Å². The predicted octanol–water partition coefficient (Wildman–Crippen LogP) is 8.11. The largest absolute Gasteiger partial charge is 0.299 e. The lowest BCUT2D eigenvalue weighted by atomic mass is 9.87. The molecule has 0 radical (unpaired) electrons. The molecular formula is C23H46O. The van der Waals surface area contributed by atoms with Gasteiger partial charge in [0.1, 0.15) is 5.78 Å². The third kappa shape index (κ3) is 15.2. The summed E-state index contributed by atoms with van der Waals surface area (Å²) in [6.45, 7) is 8.84. The van der Waals surface area contributed by atoms with Crippen LogP contribution in [0.2, 0.25) is 0 Å². The first kappa shape index (κ1) is 23.7. The molecule has 0 aliphatic carbocycles. The molecule has 0 fully saturated rings. The lowest BCUT2D eigenvalue weighted by Gasteiger charge is -2.16. The zero-order valence-electron chi connectivity index (χ0n) is 17.4. The summed E-state index contributed by atoms with van der Waals surface area (Å²) in [7, 11) is 0. The molecule has 0 saturated carbocycles. The van der Waals surface area contributed by atoms with Gasteiger partial charge >= 0.3 is 0 Å². The molecule has 0 N–H and O–H groups in total. The first-order valence-corrected chi connectivity index (χ1v) is 11.1. The normalized spacial score (nSPS) is 12.7. The van der Waals surface area contributed by atoms with Crippen LogP contribution in [0.5, 0.6) is 0 Å². The molecule has 0 bridgehead atoms. The molecule has 24 heavy (non-hydrogen) atoms. The van der Waals surface area contributed by atoms with E-state index in [1.54, 1.807) is 0 Å². The molecule has 0 aromatic carbocycles. The van der Waals surface area contributed by atoms with E-state index in [1.807, 2.05) is 0 Å². The van der Waals surface area contributed by atoms with Crippen LogP contribution in [0.25, 0.3) is 0 Å². The van der Waals surface area contributed by atoms with Crippen molar-refractivity contribution < 1.29 is 4.79 Å². The summed E-state index contributed by atoms with van der Waals surface area (Å²) in [6, 6.07) is 0. The molecule has 0 amide bonds. The van der Waals surface area contributed by atoms with E-state index in [0.717, 1.165) is 19.3 Å². The Labute approximate surface area is 153 Å². The lowest BCUT2D eigenvalue weighted by molar-refractivity contribution is -0.124. The van der Waals surface area contributed by atoms with E-state index >= 15 is 0 Å². The van der Waals surface area contributed by atoms with E-state index < -0.39 is 0 Å². The SMILES string of the molecule is CCCCCCCCCCCCCC(CCCC)C(=O)CC(C)C. The molecule has 0 aromatic rings. The monoisotopic (exact) mass is 338 g/mol. The van der Waals surface area contributed by atoms with Crippen molar-refractivity contribution in [3.05, 3.63) is 0 Å². The second-order valence-electron chi connectivity index (χ2n) is 8.23. The minimum Gasteiger partial charge on any atom is -0.299 e. The fraction of sp³-hybridized carbons (Fsp3) is 0.957. The van der Waals surface area contributed by atoms with Crippen LogP contribution >= 0.6 is 0 Å². The van der Waals surface area contributed by atoms with Gasteiger partial charge in [-0.15, -0.1) is 0 Å². The number of carbonyl (C=O) groups is 1. The smallest absolute Gasteiger partial charge is 0.136 e. The topological polar surface area (TPSA) is 17.1 Å². The second kappa shape index (κ2) is 17.5. The Morgan fingerprint density at radius 3 is 1.50 bits per heavy atom. The molecule has 144 valence electrons. The Bertz CT molecular complexity index is 269. The molecule has 1 unspecified atom stereocenters. The Morgan fingerprint density at radius 2 is 1.04 bits per heavy atom. The maximum absolute atomic E-state index is 12.4. The van der Waals surface area contributed by atoms with Crippen LogP contribution in [0.1, 0.15) is 130 Å². The summed E-state index contributed by atoms with van der Waals surface area (Å²) in [5, 5.41) is 0. The fourth-order valence-corrected chi connectivity index (χ4v) is 3.54. The van der Waals surface area contributed by atoms with Crippen molar-refractivity contribution >= 4 is 5.78 Å². The highest BCUT2D eigenvalue weighted by Crippen LogP contribution is 2.22. The number of hydrogen-bond acceptors (Lipinski definition) is 1. The Hall–Kier alpha value is -0.330. The quantitative estimate of drug-likeness (QED) is 0.231. The van der Waals surface area contributed by atoms with Gasteiger partial charge in [0.2, 0.25) is 0 Å². The fourth-order valence-electron chi connectivity index (χ4n) is 3.54. The van der Waals surface area contributed by atoms with Gasteiger partial charge in [0, 0.05) is 12.3 Å². The first-order valence-electron chi connectivity index (χ1n) is 11.1. The third-order valence-electron chi connectivity index (χ3n) is 5.13. The lowest BCUT2D eigenvalue weighted by Crippen LogP contribution is -2.16. The van der Waals surface area contributed by atoms with Gasteiger partial charge in [0.15, 0.2) is 0 Å². The zero-order valence-corrected chi connectivity index (χ0v) is 17.4. The van der Waals surface area contributed by atoms with Crippen LogP contribution in [0.15, 0.2) is 0 Å². The number of hydrogen-bond donors (Lipinski definition) is 0. The Morgan fingerprint density at radius 1 is 0.625 bits per heavy atom. The number of rotatable bonds is 18. The van der Waals surface area contributed by atoms with Gasteiger partial charge in [-0.05, 0) is 18.8 Å². The molecule has 1 atom stereocenters. The molecule has 0 aromatic heterocycles. The van der Waals surface area contributed by atoms with Crippen molar-refractivity contribution in [1.29, 1.82) is 0 Å². The van der Waals surface area contributed by atoms with E-state index in [1.165, 1.54) is 83.5 Å². The van der Waals surface area contributed by atoms with Crippen LogP contribution < -0.4 is 0 Å². The van der Waals surface area contributed by atoms with Crippen molar-refractivity contribution in [1.82, 2.24) is 0 Å². The highest BCUT2D eigenvalue weighted by atomic mass is 16.1. The number of unbranched alkanes of at least 4 members (excludes halogenated alkanes) is 11. The predicted molar refractivity (Wildman–Crippen MR) is 109 cm³/mol. The standard InChI is InChI=1S/C23H46O/c1-5-7-9-10-11-12-13-14-15-16-17-19-22(18-8-6-2)23(24)20-21(3)4/h21-22H,5-20H2,1-4H3. The molecule has 0 aliphatic rings. The molecule has 0 spiro atoms. The van der Waals surface area contributed by atoms with E-state index in [9.17, 15) is 4.79 Å². The molecule has 0 saturated heterocycles. The highest BCUT2D eigenvalue weighted by Gasteiger charge is 2.18. The van der Waals surface area contributed by atoms with Crippen LogP contribution in [0.4, 0.5) is 0 Å². The van der Waals surface area contributed by atoms with E-state index in [0.29, 0.717) is 17.6 Å². The maximum atomic E-state index is 12.4. The highest BCUT2D eigenvalue weighted by molar-refractivity contribution is 5.81. The minimum absolute atomic E-state index is 0.353. The molecule has 0 aliphatic heterocycles. The van der Waals surface area contributed by atoms with Gasteiger partial charge in [0.05, 0.1) is 0 Å². The van der Waals surface area contributed by atoms with Crippen molar-refractivity contribution in [2.24, 2.45) is 11.8 Å². The average Bonchev–Trinajstić information content (AvgIpc) is 2.54. The number of ketones is 1. The third-order valence-corrected chi connectivity index (χ3v) is 5.13. The van der Waals surface area contributed by atoms with Crippen molar-refractivity contribution in [3.8, 4) is 0 Å². The van der Waals surface area contributed by atoms with Gasteiger partial charge < -0.3 is 0 Å². The van der Waals surface area contributed by atoms with E-state index in [2.05, 4.69) is 27.7 Å². The first-order chi connectivity index (χ1) is 11.6. The van der Waals surface area contributed by atoms with Crippen LogP contribution in [0, 0.1) is 11.8 Å². The molecule has 1 heteroatoms. The molecule has 1 nitrogen and oxygen atoms in total. The van der Waals surface area contributed by atoms with Gasteiger partial charge in [-0.1, -0.05) is 111 Å². The van der Waals surface area contributed by atoms with Gasteiger partial charge in [-0.3, -0.25) is 4.79 Å². The zero-order chi connectivity index (χ0) is 18.0. The summed E-state index contributed by atoms with van der Waals surface area (Å²) in [4.78, 5) is 12.4. The second-order valence-corrected chi connectivity index (χ2v) is 8.23. The Kier molecular flexibility index (Phi) is 17.3. The summed E-state index contributed by atoms with van der Waals surface area (Å²) in [5.74, 6) is 1.40. The van der Waals surface area contributed by atoms with Gasteiger partial charge in [-0.2, -0.15) is 0 Å². The molecule has 0 rings (SSSR count). The van der Waals surface area contributed by atoms with Gasteiger partial charge in [-0.25, -0.2) is 0 Å². The summed E-state index contributed by atoms with van der Waals surface area (Å²) in [6.07, 6.45) is 20.7. The Balaban J connectivity index is 3.63. The van der Waals surface area contributed by atoms with Crippen molar-refractivity contribution in [2.75, 3.05) is 0 Å². The van der Waals surface area contributed by atoms with E-state index in [4.69, 9.17) is 0 Å². The molecular weight excluding hydrogens is 292 g/mol.